The SMILES string of the molecule is Cc1c(CN2CCC[C@@H]2[C@@H](O)c2ccccc2)sc2c1c(=O)c(C(=O)NCc1ccc(Cl)cc1)cn2C. The Morgan fingerprint density at radius 1 is 1.19 bits per heavy atom. The summed E-state index contributed by atoms with van der Waals surface area (Å²) in [5.41, 5.74) is 2.63. The number of nitrogens with zero attached hydrogens (tertiary/aromatic N) is 2. The predicted octanol–water partition coefficient (Wildman–Crippen LogP) is 5.19. The van der Waals surface area contributed by atoms with Crippen molar-refractivity contribution in [2.75, 3.05) is 6.54 Å². The summed E-state index contributed by atoms with van der Waals surface area (Å²) in [7, 11) is 1.87. The molecule has 2 N–H and O–H groups in total. The molecule has 2 atom stereocenters. The van der Waals surface area contributed by atoms with Gasteiger partial charge in [-0.2, -0.15) is 0 Å². The summed E-state index contributed by atoms with van der Waals surface area (Å²) in [6, 6.07) is 17.1. The van der Waals surface area contributed by atoms with Crippen LogP contribution < -0.4 is 10.7 Å². The Hall–Kier alpha value is -2.97. The summed E-state index contributed by atoms with van der Waals surface area (Å²) in [4.78, 5) is 30.7. The van der Waals surface area contributed by atoms with Crippen molar-refractivity contribution in [3.63, 3.8) is 0 Å². The first-order chi connectivity index (χ1) is 17.8. The Kier molecular flexibility index (Phi) is 7.49. The van der Waals surface area contributed by atoms with Crippen molar-refractivity contribution in [2.45, 2.75) is 45.0 Å². The zero-order chi connectivity index (χ0) is 26.1. The van der Waals surface area contributed by atoms with E-state index in [1.54, 1.807) is 29.7 Å². The fraction of sp³-hybridized carbons (Fsp3) is 0.310. The van der Waals surface area contributed by atoms with Crippen molar-refractivity contribution in [1.82, 2.24) is 14.8 Å². The number of aryl methyl sites for hydroxylation is 2. The molecule has 3 heterocycles. The molecule has 0 unspecified atom stereocenters. The number of carbonyl (C=O) groups excluding carboxylic acids is 1. The van der Waals surface area contributed by atoms with Crippen LogP contribution in [0.4, 0.5) is 0 Å². The fourth-order valence-electron chi connectivity index (χ4n) is 5.16. The van der Waals surface area contributed by atoms with Crippen molar-refractivity contribution < 1.29 is 9.90 Å². The van der Waals surface area contributed by atoms with E-state index in [2.05, 4.69) is 10.2 Å². The van der Waals surface area contributed by atoms with Crippen molar-refractivity contribution in [2.24, 2.45) is 7.05 Å². The van der Waals surface area contributed by atoms with Crippen LogP contribution in [-0.2, 0) is 20.1 Å². The number of benzene rings is 2. The van der Waals surface area contributed by atoms with Gasteiger partial charge < -0.3 is 15.0 Å². The minimum atomic E-state index is -0.555. The predicted molar refractivity (Wildman–Crippen MR) is 149 cm³/mol. The molecule has 0 aliphatic carbocycles. The van der Waals surface area contributed by atoms with Gasteiger partial charge in [-0.15, -0.1) is 11.3 Å². The standard InChI is InChI=1S/C29H30ClN3O3S/c1-18-24(17-33-14-6-9-23(33)26(34)20-7-4-3-5-8-20)37-29-25(18)27(35)22(16-32(29)2)28(36)31-15-19-10-12-21(30)13-11-19/h3-5,7-8,10-13,16,23,26,34H,6,9,14-15,17H2,1-2H3,(H,31,36)/t23-,26+/m1/s1. The van der Waals surface area contributed by atoms with E-state index in [9.17, 15) is 14.7 Å². The molecule has 0 radical (unpaired) electrons. The molecule has 1 aliphatic heterocycles. The number of hydrogen-bond donors (Lipinski definition) is 2. The lowest BCUT2D eigenvalue weighted by Gasteiger charge is -2.28. The van der Waals surface area contributed by atoms with Crippen molar-refractivity contribution >= 4 is 39.1 Å². The van der Waals surface area contributed by atoms with Crippen LogP contribution in [0, 0.1) is 6.92 Å². The molecule has 6 nitrogen and oxygen atoms in total. The molecule has 1 amide bonds. The molecular formula is C29H30ClN3O3S. The number of hydrogen-bond acceptors (Lipinski definition) is 5. The van der Waals surface area contributed by atoms with Crippen molar-refractivity contribution in [3.05, 3.63) is 103 Å². The Morgan fingerprint density at radius 3 is 2.65 bits per heavy atom. The lowest BCUT2D eigenvalue weighted by atomic mass is 10.0. The quantitative estimate of drug-likeness (QED) is 0.341. The molecule has 1 aliphatic rings. The van der Waals surface area contributed by atoms with Gasteiger partial charge >= 0.3 is 0 Å². The number of aliphatic hydroxyl groups excluding tert-OH is 1. The van der Waals surface area contributed by atoms with Crippen LogP contribution in [0.15, 0.2) is 65.6 Å². The Labute approximate surface area is 225 Å². The van der Waals surface area contributed by atoms with Crippen LogP contribution in [0.3, 0.4) is 0 Å². The van der Waals surface area contributed by atoms with Crippen LogP contribution in [0.1, 0.15) is 50.9 Å². The summed E-state index contributed by atoms with van der Waals surface area (Å²) in [5.74, 6) is -0.393. The summed E-state index contributed by atoms with van der Waals surface area (Å²) in [5, 5.41) is 15.2. The molecular weight excluding hydrogens is 506 g/mol. The second-order valence-electron chi connectivity index (χ2n) is 9.66. The topological polar surface area (TPSA) is 74.6 Å². The van der Waals surface area contributed by atoms with E-state index in [0.717, 1.165) is 45.8 Å². The highest BCUT2D eigenvalue weighted by Gasteiger charge is 2.32. The first-order valence-corrected chi connectivity index (χ1v) is 13.6. The van der Waals surface area contributed by atoms with E-state index in [-0.39, 0.29) is 17.0 Å². The lowest BCUT2D eigenvalue weighted by Crippen LogP contribution is -2.34. The highest BCUT2D eigenvalue weighted by Crippen LogP contribution is 2.35. The molecule has 2 aromatic carbocycles. The summed E-state index contributed by atoms with van der Waals surface area (Å²) < 4.78 is 1.87. The zero-order valence-electron chi connectivity index (χ0n) is 20.9. The number of carbonyl (C=O) groups is 1. The van der Waals surface area contributed by atoms with Gasteiger partial charge in [0.2, 0.25) is 5.43 Å². The number of amides is 1. The lowest BCUT2D eigenvalue weighted by molar-refractivity contribution is 0.0692. The molecule has 192 valence electrons. The van der Waals surface area contributed by atoms with Crippen molar-refractivity contribution in [1.29, 1.82) is 0 Å². The molecule has 0 spiro atoms. The molecule has 0 bridgehead atoms. The third-order valence-electron chi connectivity index (χ3n) is 7.22. The molecule has 5 rings (SSSR count). The highest BCUT2D eigenvalue weighted by atomic mass is 35.5. The maximum Gasteiger partial charge on any atom is 0.257 e. The highest BCUT2D eigenvalue weighted by molar-refractivity contribution is 7.18. The van der Waals surface area contributed by atoms with Crippen LogP contribution in [0.2, 0.25) is 5.02 Å². The van der Waals surface area contributed by atoms with Gasteiger partial charge in [-0.25, -0.2) is 0 Å². The number of halogens is 1. The van der Waals surface area contributed by atoms with Crippen LogP contribution >= 0.6 is 22.9 Å². The van der Waals surface area contributed by atoms with Crippen LogP contribution in [-0.4, -0.2) is 33.1 Å². The second-order valence-corrected chi connectivity index (χ2v) is 11.2. The van der Waals surface area contributed by atoms with Gasteiger partial charge in [0.15, 0.2) is 0 Å². The van der Waals surface area contributed by atoms with Gasteiger partial charge in [0.25, 0.3) is 5.91 Å². The van der Waals surface area contributed by atoms with Gasteiger partial charge in [-0.1, -0.05) is 54.1 Å². The van der Waals surface area contributed by atoms with Gasteiger partial charge in [0.05, 0.1) is 11.5 Å². The van der Waals surface area contributed by atoms with E-state index in [1.807, 2.05) is 61.0 Å². The second kappa shape index (κ2) is 10.8. The van der Waals surface area contributed by atoms with E-state index in [4.69, 9.17) is 11.6 Å². The molecule has 37 heavy (non-hydrogen) atoms. The van der Waals surface area contributed by atoms with E-state index in [1.165, 1.54) is 0 Å². The van der Waals surface area contributed by atoms with Gasteiger partial charge in [0, 0.05) is 42.3 Å². The number of aliphatic hydroxyl groups is 1. The average Bonchev–Trinajstić information content (AvgIpc) is 3.50. The Morgan fingerprint density at radius 2 is 1.92 bits per heavy atom. The van der Waals surface area contributed by atoms with E-state index >= 15 is 0 Å². The first-order valence-electron chi connectivity index (χ1n) is 12.4. The molecule has 8 heteroatoms. The molecule has 4 aromatic rings. The maximum atomic E-state index is 13.5. The number of fused-ring (bicyclic) bond motifs is 1. The maximum absolute atomic E-state index is 13.5. The van der Waals surface area contributed by atoms with Crippen LogP contribution in [0.25, 0.3) is 10.2 Å². The zero-order valence-corrected chi connectivity index (χ0v) is 22.5. The van der Waals surface area contributed by atoms with Gasteiger partial charge in [0.1, 0.15) is 10.4 Å². The first kappa shape index (κ1) is 25.7. The van der Waals surface area contributed by atoms with Crippen molar-refractivity contribution in [3.8, 4) is 0 Å². The summed E-state index contributed by atoms with van der Waals surface area (Å²) in [6.07, 6.45) is 3.02. The molecule has 1 saturated heterocycles. The van der Waals surface area contributed by atoms with E-state index in [0.29, 0.717) is 23.5 Å². The van der Waals surface area contributed by atoms with Crippen LogP contribution in [0.5, 0.6) is 0 Å². The average molecular weight is 536 g/mol. The summed E-state index contributed by atoms with van der Waals surface area (Å²) >= 11 is 7.53. The number of pyridine rings is 1. The normalized spacial score (nSPS) is 16.8. The minimum Gasteiger partial charge on any atom is -0.387 e. The van der Waals surface area contributed by atoms with Gasteiger partial charge in [-0.05, 0) is 55.1 Å². The molecule has 0 saturated carbocycles. The third kappa shape index (κ3) is 5.22. The number of nitrogens with one attached hydrogen (secondary N) is 1. The third-order valence-corrected chi connectivity index (χ3v) is 8.84. The molecule has 1 fully saturated rings. The summed E-state index contributed by atoms with van der Waals surface area (Å²) in [6.45, 7) is 3.84. The fourth-order valence-corrected chi connectivity index (χ4v) is 6.55. The van der Waals surface area contributed by atoms with Gasteiger partial charge in [-0.3, -0.25) is 14.5 Å². The Bertz CT molecular complexity index is 1480. The largest absolute Gasteiger partial charge is 0.387 e. The van der Waals surface area contributed by atoms with E-state index < -0.39 is 12.0 Å². The minimum absolute atomic E-state index is 0.0293. The number of rotatable bonds is 7. The number of thiophene rings is 1. The monoisotopic (exact) mass is 535 g/mol. The Balaban J connectivity index is 1.39. The number of likely N-dealkylation sites (tertiary alicyclic amines) is 1. The number of aromatic nitrogens is 1. The smallest absolute Gasteiger partial charge is 0.257 e. The molecule has 2 aromatic heterocycles.